The second-order valence-corrected chi connectivity index (χ2v) is 5.99. The van der Waals surface area contributed by atoms with E-state index in [1.165, 1.54) is 0 Å². The second kappa shape index (κ2) is 7.66. The smallest absolute Gasteiger partial charge is 0.261 e. The van der Waals surface area contributed by atoms with Gasteiger partial charge in [-0.15, -0.1) is 0 Å². The molecule has 1 N–H and O–H groups in total. The topological polar surface area (TPSA) is 41.6 Å². The molecule has 0 bridgehead atoms. The molecule has 1 saturated heterocycles. The van der Waals surface area contributed by atoms with Gasteiger partial charge in [-0.25, -0.2) is 0 Å². The first-order valence-corrected chi connectivity index (χ1v) is 7.87. The molecule has 4 nitrogen and oxygen atoms in total. The van der Waals surface area contributed by atoms with Crippen LogP contribution in [-0.2, 0) is 4.79 Å². The van der Waals surface area contributed by atoms with E-state index in [2.05, 4.69) is 17.3 Å². The summed E-state index contributed by atoms with van der Waals surface area (Å²) in [6, 6.07) is 7.41. The second-order valence-electron chi connectivity index (χ2n) is 5.56. The van der Waals surface area contributed by atoms with E-state index in [9.17, 15) is 4.79 Å². The molecule has 1 atom stereocenters. The van der Waals surface area contributed by atoms with E-state index >= 15 is 0 Å². The molecule has 1 aliphatic rings. The summed E-state index contributed by atoms with van der Waals surface area (Å²) in [5.41, 5.74) is 0. The number of halogens is 1. The van der Waals surface area contributed by atoms with E-state index in [0.29, 0.717) is 17.2 Å². The molecule has 116 valence electrons. The van der Waals surface area contributed by atoms with Gasteiger partial charge >= 0.3 is 0 Å². The normalized spacial score (nSPS) is 18.2. The summed E-state index contributed by atoms with van der Waals surface area (Å²) in [5, 5.41) is 3.71. The van der Waals surface area contributed by atoms with Gasteiger partial charge in [-0.05, 0) is 57.6 Å². The highest BCUT2D eigenvalue weighted by atomic mass is 35.5. The monoisotopic (exact) mass is 310 g/mol. The van der Waals surface area contributed by atoms with Crippen molar-refractivity contribution in [3.8, 4) is 5.75 Å². The van der Waals surface area contributed by atoms with E-state index in [1.807, 2.05) is 19.1 Å². The molecule has 1 aromatic rings. The van der Waals surface area contributed by atoms with Crippen LogP contribution < -0.4 is 10.1 Å². The Labute approximate surface area is 131 Å². The zero-order chi connectivity index (χ0) is 15.2. The van der Waals surface area contributed by atoms with Crippen LogP contribution in [0.4, 0.5) is 0 Å². The Kier molecular flexibility index (Phi) is 5.88. The van der Waals surface area contributed by atoms with Gasteiger partial charge in [0.2, 0.25) is 0 Å². The number of nitrogens with one attached hydrogen (secondary N) is 1. The van der Waals surface area contributed by atoms with Crippen LogP contribution in [0.2, 0.25) is 5.02 Å². The van der Waals surface area contributed by atoms with Crippen LogP contribution in [0, 0.1) is 0 Å². The third-order valence-electron chi connectivity index (χ3n) is 3.80. The molecule has 1 aliphatic heterocycles. The minimum atomic E-state index is -0.469. The molecule has 0 aromatic heterocycles. The van der Waals surface area contributed by atoms with Gasteiger partial charge in [0.05, 0.1) is 0 Å². The van der Waals surface area contributed by atoms with Gasteiger partial charge in [-0.3, -0.25) is 4.79 Å². The van der Waals surface area contributed by atoms with Crippen LogP contribution in [0.15, 0.2) is 24.3 Å². The number of hydrogen-bond acceptors (Lipinski definition) is 3. The van der Waals surface area contributed by atoms with Gasteiger partial charge in [0, 0.05) is 11.1 Å². The van der Waals surface area contributed by atoms with Crippen molar-refractivity contribution in [2.45, 2.75) is 38.3 Å². The van der Waals surface area contributed by atoms with Crippen molar-refractivity contribution in [1.29, 1.82) is 0 Å². The SMILES string of the molecule is CCC(Oc1cccc(Cl)c1)C(=O)NC1CCN(C)CC1. The fourth-order valence-electron chi connectivity index (χ4n) is 2.47. The summed E-state index contributed by atoms with van der Waals surface area (Å²) in [6.07, 6.45) is 2.15. The molecular formula is C16H23ClN2O2. The number of likely N-dealkylation sites (tertiary alicyclic amines) is 1. The van der Waals surface area contributed by atoms with Crippen molar-refractivity contribution in [3.63, 3.8) is 0 Å². The number of carbonyl (C=O) groups excluding carboxylic acids is 1. The molecular weight excluding hydrogens is 288 g/mol. The molecule has 0 spiro atoms. The zero-order valence-electron chi connectivity index (χ0n) is 12.6. The number of ether oxygens (including phenoxy) is 1. The molecule has 1 fully saturated rings. The summed E-state index contributed by atoms with van der Waals surface area (Å²) >= 11 is 5.94. The number of benzene rings is 1. The van der Waals surface area contributed by atoms with Crippen LogP contribution >= 0.6 is 11.6 Å². The molecule has 5 heteroatoms. The predicted octanol–water partition coefficient (Wildman–Crippen LogP) is 2.71. The number of piperidine rings is 1. The molecule has 2 rings (SSSR count). The minimum absolute atomic E-state index is 0.0352. The Morgan fingerprint density at radius 2 is 2.19 bits per heavy atom. The lowest BCUT2D eigenvalue weighted by molar-refractivity contribution is -0.129. The fraction of sp³-hybridized carbons (Fsp3) is 0.562. The lowest BCUT2D eigenvalue weighted by atomic mass is 10.1. The maximum Gasteiger partial charge on any atom is 0.261 e. The largest absolute Gasteiger partial charge is 0.481 e. The van der Waals surface area contributed by atoms with E-state index in [4.69, 9.17) is 16.3 Å². The summed E-state index contributed by atoms with van der Waals surface area (Å²) in [4.78, 5) is 14.6. The molecule has 1 heterocycles. The van der Waals surface area contributed by atoms with Crippen LogP contribution in [0.5, 0.6) is 5.75 Å². The Bertz CT molecular complexity index is 473. The van der Waals surface area contributed by atoms with Gasteiger partial charge in [-0.1, -0.05) is 24.6 Å². The standard InChI is InChI=1S/C16H23ClN2O2/c1-3-15(21-14-6-4-5-12(17)11-14)16(20)18-13-7-9-19(2)10-8-13/h4-6,11,13,15H,3,7-10H2,1-2H3,(H,18,20). The Balaban J connectivity index is 1.89. The van der Waals surface area contributed by atoms with Crippen molar-refractivity contribution in [1.82, 2.24) is 10.2 Å². The molecule has 0 aliphatic carbocycles. The van der Waals surface area contributed by atoms with Crippen molar-refractivity contribution >= 4 is 17.5 Å². The highest BCUT2D eigenvalue weighted by molar-refractivity contribution is 6.30. The summed E-state index contributed by atoms with van der Waals surface area (Å²) < 4.78 is 5.76. The average Bonchev–Trinajstić information content (AvgIpc) is 2.47. The quantitative estimate of drug-likeness (QED) is 0.909. The van der Waals surface area contributed by atoms with Gasteiger partial charge < -0.3 is 15.0 Å². The summed E-state index contributed by atoms with van der Waals surface area (Å²) in [7, 11) is 2.11. The summed E-state index contributed by atoms with van der Waals surface area (Å²) in [6.45, 7) is 4.00. The van der Waals surface area contributed by atoms with E-state index in [1.54, 1.807) is 12.1 Å². The first-order valence-electron chi connectivity index (χ1n) is 7.49. The first kappa shape index (κ1) is 16.1. The van der Waals surface area contributed by atoms with E-state index in [-0.39, 0.29) is 11.9 Å². The lowest BCUT2D eigenvalue weighted by Crippen LogP contribution is -2.47. The molecule has 21 heavy (non-hydrogen) atoms. The van der Waals surface area contributed by atoms with Gasteiger partial charge in [0.25, 0.3) is 5.91 Å². The molecule has 0 saturated carbocycles. The van der Waals surface area contributed by atoms with Gasteiger partial charge in [0.1, 0.15) is 5.75 Å². The highest BCUT2D eigenvalue weighted by Crippen LogP contribution is 2.19. The molecule has 1 unspecified atom stereocenters. The van der Waals surface area contributed by atoms with Crippen molar-refractivity contribution in [2.24, 2.45) is 0 Å². The van der Waals surface area contributed by atoms with Crippen molar-refractivity contribution < 1.29 is 9.53 Å². The Morgan fingerprint density at radius 1 is 1.48 bits per heavy atom. The van der Waals surface area contributed by atoms with E-state index < -0.39 is 6.10 Å². The molecule has 1 aromatic carbocycles. The number of rotatable bonds is 5. The van der Waals surface area contributed by atoms with Gasteiger partial charge in [-0.2, -0.15) is 0 Å². The molecule has 1 amide bonds. The van der Waals surface area contributed by atoms with Crippen LogP contribution in [0.25, 0.3) is 0 Å². The maximum atomic E-state index is 12.3. The first-order chi connectivity index (χ1) is 10.1. The van der Waals surface area contributed by atoms with E-state index in [0.717, 1.165) is 25.9 Å². The predicted molar refractivity (Wildman–Crippen MR) is 84.8 cm³/mol. The van der Waals surface area contributed by atoms with Crippen molar-refractivity contribution in [3.05, 3.63) is 29.3 Å². The number of hydrogen-bond donors (Lipinski definition) is 1. The van der Waals surface area contributed by atoms with Crippen LogP contribution in [0.3, 0.4) is 0 Å². The Morgan fingerprint density at radius 3 is 2.81 bits per heavy atom. The molecule has 0 radical (unpaired) electrons. The highest BCUT2D eigenvalue weighted by Gasteiger charge is 2.24. The van der Waals surface area contributed by atoms with Gasteiger partial charge in [0.15, 0.2) is 6.10 Å². The number of carbonyl (C=O) groups is 1. The lowest BCUT2D eigenvalue weighted by Gasteiger charge is -2.30. The van der Waals surface area contributed by atoms with Crippen molar-refractivity contribution in [2.75, 3.05) is 20.1 Å². The summed E-state index contributed by atoms with van der Waals surface area (Å²) in [5.74, 6) is 0.597. The third-order valence-corrected chi connectivity index (χ3v) is 4.04. The zero-order valence-corrected chi connectivity index (χ0v) is 13.4. The Hall–Kier alpha value is -1.26. The van der Waals surface area contributed by atoms with Crippen LogP contribution in [-0.4, -0.2) is 43.1 Å². The average molecular weight is 311 g/mol. The minimum Gasteiger partial charge on any atom is -0.481 e. The number of nitrogens with zero attached hydrogens (tertiary/aromatic N) is 1. The fourth-order valence-corrected chi connectivity index (χ4v) is 2.65. The van der Waals surface area contributed by atoms with Crippen LogP contribution in [0.1, 0.15) is 26.2 Å². The number of amides is 1. The third kappa shape index (κ3) is 4.90. The maximum absolute atomic E-state index is 12.3.